The number of nitriles is 1. The maximum Gasteiger partial charge on any atom is 0.134 e. The van der Waals surface area contributed by atoms with E-state index in [4.69, 9.17) is 23.2 Å². The van der Waals surface area contributed by atoms with Gasteiger partial charge in [0.1, 0.15) is 11.1 Å². The Balaban J connectivity index is 1.99. The summed E-state index contributed by atoms with van der Waals surface area (Å²) in [5.74, 6) is 0. The zero-order valence-electron chi connectivity index (χ0n) is 13.7. The number of rotatable bonds is 3. The van der Waals surface area contributed by atoms with Crippen LogP contribution in [-0.4, -0.2) is 4.98 Å². The van der Waals surface area contributed by atoms with Crippen molar-refractivity contribution < 1.29 is 0 Å². The van der Waals surface area contributed by atoms with Gasteiger partial charge in [-0.1, -0.05) is 47.5 Å². The number of benzene rings is 2. The molecule has 0 aliphatic rings. The highest BCUT2D eigenvalue weighted by Gasteiger charge is 2.11. The highest BCUT2D eigenvalue weighted by molar-refractivity contribution is 7.11. The van der Waals surface area contributed by atoms with Gasteiger partial charge in [-0.3, -0.25) is 0 Å². The number of nitrogens with zero attached hydrogens (tertiary/aromatic N) is 2. The predicted octanol–water partition coefficient (Wildman–Crippen LogP) is 6.80. The summed E-state index contributed by atoms with van der Waals surface area (Å²) in [5.41, 5.74) is 5.53. The number of aromatic nitrogens is 1. The summed E-state index contributed by atoms with van der Waals surface area (Å²) in [7, 11) is 0. The number of hydrogen-bond donors (Lipinski definition) is 0. The SMILES string of the molecule is Cc1ccc(-c2csc(C(C#N)=Cc3cccc(Cl)c3Cl)n2)cc1C. The first-order valence-corrected chi connectivity index (χ1v) is 9.22. The zero-order valence-corrected chi connectivity index (χ0v) is 16.0. The second-order valence-electron chi connectivity index (χ2n) is 5.65. The third-order valence-electron chi connectivity index (χ3n) is 3.94. The van der Waals surface area contributed by atoms with Gasteiger partial charge >= 0.3 is 0 Å². The fraction of sp³-hybridized carbons (Fsp3) is 0.100. The number of aryl methyl sites for hydroxylation is 2. The van der Waals surface area contributed by atoms with Crippen LogP contribution in [0.1, 0.15) is 21.7 Å². The van der Waals surface area contributed by atoms with Gasteiger partial charge in [0.2, 0.25) is 0 Å². The number of halogens is 2. The van der Waals surface area contributed by atoms with Gasteiger partial charge in [-0.2, -0.15) is 5.26 Å². The van der Waals surface area contributed by atoms with Crippen molar-refractivity contribution in [3.05, 3.63) is 73.5 Å². The van der Waals surface area contributed by atoms with Crippen LogP contribution in [0.4, 0.5) is 0 Å². The maximum atomic E-state index is 9.53. The Kier molecular flexibility index (Phi) is 5.24. The molecule has 0 aliphatic carbocycles. The van der Waals surface area contributed by atoms with Gasteiger partial charge in [-0.15, -0.1) is 11.3 Å². The van der Waals surface area contributed by atoms with Crippen LogP contribution in [0.15, 0.2) is 41.8 Å². The summed E-state index contributed by atoms with van der Waals surface area (Å²) in [4.78, 5) is 4.62. The second kappa shape index (κ2) is 7.41. The van der Waals surface area contributed by atoms with E-state index in [1.54, 1.807) is 18.2 Å². The molecule has 5 heteroatoms. The minimum absolute atomic E-state index is 0.433. The normalized spacial score (nSPS) is 11.4. The predicted molar refractivity (Wildman–Crippen MR) is 107 cm³/mol. The number of allylic oxidation sites excluding steroid dienone is 1. The molecule has 0 saturated carbocycles. The van der Waals surface area contributed by atoms with Crippen molar-refractivity contribution in [3.8, 4) is 17.3 Å². The van der Waals surface area contributed by atoms with E-state index in [0.29, 0.717) is 26.2 Å². The molecule has 124 valence electrons. The molecule has 3 aromatic rings. The standard InChI is InChI=1S/C20H14Cl2N2S/c1-12-6-7-14(8-13(12)2)18-11-25-20(24-18)16(10-23)9-15-4-3-5-17(21)19(15)22/h3-9,11H,1-2H3. The average molecular weight is 385 g/mol. The van der Waals surface area contributed by atoms with Crippen molar-refractivity contribution >= 4 is 46.2 Å². The smallest absolute Gasteiger partial charge is 0.134 e. The van der Waals surface area contributed by atoms with E-state index >= 15 is 0 Å². The van der Waals surface area contributed by atoms with Gasteiger partial charge in [0, 0.05) is 10.9 Å². The Labute approximate surface area is 161 Å². The first-order valence-electron chi connectivity index (χ1n) is 7.59. The van der Waals surface area contributed by atoms with Crippen molar-refractivity contribution in [1.29, 1.82) is 5.26 Å². The molecular formula is C20H14Cl2N2S. The Hall–Kier alpha value is -2.12. The van der Waals surface area contributed by atoms with Crippen LogP contribution in [0.25, 0.3) is 22.9 Å². The van der Waals surface area contributed by atoms with E-state index in [0.717, 1.165) is 11.3 Å². The van der Waals surface area contributed by atoms with E-state index < -0.39 is 0 Å². The fourth-order valence-electron chi connectivity index (χ4n) is 2.36. The Morgan fingerprint density at radius 3 is 2.68 bits per heavy atom. The maximum absolute atomic E-state index is 9.53. The molecule has 0 unspecified atom stereocenters. The molecule has 0 amide bonds. The topological polar surface area (TPSA) is 36.7 Å². The summed E-state index contributed by atoms with van der Waals surface area (Å²) in [5, 5.41) is 13.0. The Morgan fingerprint density at radius 1 is 1.16 bits per heavy atom. The van der Waals surface area contributed by atoms with E-state index in [1.807, 2.05) is 17.5 Å². The van der Waals surface area contributed by atoms with Crippen molar-refractivity contribution in [1.82, 2.24) is 4.98 Å². The second-order valence-corrected chi connectivity index (χ2v) is 7.29. The van der Waals surface area contributed by atoms with Crippen molar-refractivity contribution in [2.75, 3.05) is 0 Å². The van der Waals surface area contributed by atoms with Gasteiger partial charge in [-0.05, 0) is 48.7 Å². The van der Waals surface area contributed by atoms with Crippen LogP contribution in [0.3, 0.4) is 0 Å². The highest BCUT2D eigenvalue weighted by Crippen LogP contribution is 2.31. The lowest BCUT2D eigenvalue weighted by atomic mass is 10.1. The molecule has 0 atom stereocenters. The van der Waals surface area contributed by atoms with Gasteiger partial charge < -0.3 is 0 Å². The molecule has 1 heterocycles. The number of hydrogen-bond acceptors (Lipinski definition) is 3. The van der Waals surface area contributed by atoms with Gasteiger partial charge in [0.05, 0.1) is 21.3 Å². The molecule has 1 aromatic heterocycles. The summed E-state index contributed by atoms with van der Waals surface area (Å²) < 4.78 is 0. The summed E-state index contributed by atoms with van der Waals surface area (Å²) in [6.45, 7) is 4.16. The van der Waals surface area contributed by atoms with Crippen LogP contribution in [-0.2, 0) is 0 Å². The minimum Gasteiger partial charge on any atom is -0.235 e. The first-order chi connectivity index (χ1) is 12.0. The molecule has 0 N–H and O–H groups in total. The van der Waals surface area contributed by atoms with Crippen LogP contribution in [0.5, 0.6) is 0 Å². The third kappa shape index (κ3) is 3.77. The first kappa shape index (κ1) is 17.7. The van der Waals surface area contributed by atoms with Crippen LogP contribution < -0.4 is 0 Å². The monoisotopic (exact) mass is 384 g/mol. The molecule has 0 fully saturated rings. The highest BCUT2D eigenvalue weighted by atomic mass is 35.5. The fourth-order valence-corrected chi connectivity index (χ4v) is 3.52. The van der Waals surface area contributed by atoms with Crippen molar-refractivity contribution in [2.45, 2.75) is 13.8 Å². The molecular weight excluding hydrogens is 371 g/mol. The molecule has 0 aliphatic heterocycles. The number of thiazole rings is 1. The molecule has 0 radical (unpaired) electrons. The summed E-state index contributed by atoms with van der Waals surface area (Å²) in [6.07, 6.45) is 1.72. The quantitative estimate of drug-likeness (QED) is 0.465. The average Bonchev–Trinajstić information content (AvgIpc) is 3.08. The van der Waals surface area contributed by atoms with Gasteiger partial charge in [0.25, 0.3) is 0 Å². The zero-order chi connectivity index (χ0) is 18.0. The Bertz CT molecular complexity index is 1010. The third-order valence-corrected chi connectivity index (χ3v) is 5.65. The molecule has 3 rings (SSSR count). The van der Waals surface area contributed by atoms with Gasteiger partial charge in [0.15, 0.2) is 0 Å². The minimum atomic E-state index is 0.433. The van der Waals surface area contributed by atoms with E-state index in [1.165, 1.54) is 22.5 Å². The molecule has 2 nitrogen and oxygen atoms in total. The molecule has 0 saturated heterocycles. The van der Waals surface area contributed by atoms with Crippen molar-refractivity contribution in [3.63, 3.8) is 0 Å². The molecule has 0 bridgehead atoms. The summed E-state index contributed by atoms with van der Waals surface area (Å²) >= 11 is 13.7. The lowest BCUT2D eigenvalue weighted by Gasteiger charge is -2.02. The molecule has 2 aromatic carbocycles. The lowest BCUT2D eigenvalue weighted by molar-refractivity contribution is 1.32. The van der Waals surface area contributed by atoms with Gasteiger partial charge in [-0.25, -0.2) is 4.98 Å². The van der Waals surface area contributed by atoms with Crippen LogP contribution in [0, 0.1) is 25.2 Å². The van der Waals surface area contributed by atoms with E-state index in [9.17, 15) is 5.26 Å². The molecule has 25 heavy (non-hydrogen) atoms. The molecule has 0 spiro atoms. The van der Waals surface area contributed by atoms with Crippen LogP contribution >= 0.6 is 34.5 Å². The Morgan fingerprint density at radius 2 is 1.96 bits per heavy atom. The largest absolute Gasteiger partial charge is 0.235 e. The lowest BCUT2D eigenvalue weighted by Crippen LogP contribution is -1.86. The van der Waals surface area contributed by atoms with E-state index in [2.05, 4.69) is 37.0 Å². The summed E-state index contributed by atoms with van der Waals surface area (Å²) in [6, 6.07) is 13.8. The van der Waals surface area contributed by atoms with E-state index in [-0.39, 0.29) is 0 Å². The van der Waals surface area contributed by atoms with Crippen LogP contribution in [0.2, 0.25) is 10.0 Å². The van der Waals surface area contributed by atoms with Crippen molar-refractivity contribution in [2.24, 2.45) is 0 Å².